The summed E-state index contributed by atoms with van der Waals surface area (Å²) in [7, 11) is 0. The molecule has 0 aliphatic rings. The summed E-state index contributed by atoms with van der Waals surface area (Å²) in [6.07, 6.45) is 1.73. The second-order valence-corrected chi connectivity index (χ2v) is 7.46. The minimum absolute atomic E-state index is 0.245. The molecule has 0 aromatic carbocycles. The second-order valence-electron chi connectivity index (χ2n) is 7.46. The lowest BCUT2D eigenvalue weighted by atomic mass is 9.54. The highest BCUT2D eigenvalue weighted by atomic mass is 16.6. The molecule has 0 aromatic rings. The molecule has 0 aliphatic carbocycles. The van der Waals surface area contributed by atoms with Crippen molar-refractivity contribution in [1.29, 1.82) is 0 Å². The van der Waals surface area contributed by atoms with Gasteiger partial charge in [-0.3, -0.25) is 9.59 Å². The third-order valence-electron chi connectivity index (χ3n) is 3.87. The average Bonchev–Trinajstić information content (AvgIpc) is 2.26. The molecule has 0 spiro atoms. The third-order valence-corrected chi connectivity index (χ3v) is 3.87. The molecule has 0 bridgehead atoms. The largest absolute Gasteiger partial charge is 0.465 e. The fourth-order valence-corrected chi connectivity index (χ4v) is 3.09. The topological polar surface area (TPSA) is 52.6 Å². The van der Waals surface area contributed by atoms with Gasteiger partial charge in [0.25, 0.3) is 0 Å². The molecule has 0 saturated heterocycles. The number of unbranched alkanes of at least 4 members (excludes halogenated alkanes) is 1. The van der Waals surface area contributed by atoms with Gasteiger partial charge in [0.2, 0.25) is 0 Å². The zero-order valence-electron chi connectivity index (χ0n) is 15.0. The normalized spacial score (nSPS) is 13.0. The van der Waals surface area contributed by atoms with Gasteiger partial charge in [-0.05, 0) is 24.2 Å². The molecule has 4 heteroatoms. The van der Waals surface area contributed by atoms with Crippen LogP contribution in [0, 0.1) is 16.2 Å². The van der Waals surface area contributed by atoms with E-state index in [0.717, 1.165) is 12.8 Å². The Morgan fingerprint density at radius 1 is 0.810 bits per heavy atom. The first-order valence-electron chi connectivity index (χ1n) is 7.81. The van der Waals surface area contributed by atoms with Crippen LogP contribution in [-0.2, 0) is 19.1 Å². The highest BCUT2D eigenvalue weighted by Gasteiger charge is 2.64. The molecule has 0 amide bonds. The number of carbonyl (C=O) groups excluding carboxylic acids is 2. The minimum Gasteiger partial charge on any atom is -0.465 e. The predicted octanol–water partition coefficient (Wildman–Crippen LogP) is 3.97. The van der Waals surface area contributed by atoms with Gasteiger partial charge in [0.1, 0.15) is 0 Å². The molecule has 0 fully saturated rings. The van der Waals surface area contributed by atoms with Crippen molar-refractivity contribution in [2.75, 3.05) is 13.2 Å². The van der Waals surface area contributed by atoms with E-state index in [-0.39, 0.29) is 6.61 Å². The van der Waals surface area contributed by atoms with Crippen molar-refractivity contribution in [1.82, 2.24) is 0 Å². The highest BCUT2D eigenvalue weighted by molar-refractivity contribution is 6.02. The smallest absolute Gasteiger partial charge is 0.324 e. The molecule has 0 atom stereocenters. The van der Waals surface area contributed by atoms with Crippen molar-refractivity contribution in [3.63, 3.8) is 0 Å². The molecular formula is C17H32O4. The molecular weight excluding hydrogens is 268 g/mol. The van der Waals surface area contributed by atoms with Crippen molar-refractivity contribution >= 4 is 11.9 Å². The van der Waals surface area contributed by atoms with Crippen LogP contribution >= 0.6 is 0 Å². The lowest BCUT2D eigenvalue weighted by Gasteiger charge is -2.48. The maximum Gasteiger partial charge on any atom is 0.324 e. The van der Waals surface area contributed by atoms with Crippen LogP contribution in [0.5, 0.6) is 0 Å². The van der Waals surface area contributed by atoms with E-state index in [0.29, 0.717) is 6.61 Å². The predicted molar refractivity (Wildman–Crippen MR) is 83.8 cm³/mol. The van der Waals surface area contributed by atoms with Crippen LogP contribution in [0.2, 0.25) is 0 Å². The molecule has 0 N–H and O–H groups in total. The average molecular weight is 300 g/mol. The summed E-state index contributed by atoms with van der Waals surface area (Å²) in [5.74, 6) is -0.971. The van der Waals surface area contributed by atoms with Crippen LogP contribution in [0.4, 0.5) is 0 Å². The fourth-order valence-electron chi connectivity index (χ4n) is 3.09. The number of carbonyl (C=O) groups is 2. The van der Waals surface area contributed by atoms with E-state index in [1.165, 1.54) is 0 Å². The van der Waals surface area contributed by atoms with Crippen LogP contribution in [0.3, 0.4) is 0 Å². The van der Waals surface area contributed by atoms with Gasteiger partial charge in [-0.25, -0.2) is 0 Å². The molecule has 4 nitrogen and oxygen atoms in total. The molecule has 0 saturated carbocycles. The summed E-state index contributed by atoms with van der Waals surface area (Å²) in [4.78, 5) is 25.5. The Morgan fingerprint density at radius 2 is 1.24 bits per heavy atom. The summed E-state index contributed by atoms with van der Waals surface area (Å²) >= 11 is 0. The number of hydrogen-bond acceptors (Lipinski definition) is 4. The molecule has 0 aromatic heterocycles. The standard InChI is InChI=1S/C17H32O4/c1-9-11-12-21-14(19)17(15(3,4)5,16(6,7)8)13(18)20-10-2/h9-12H2,1-8H3. The molecule has 0 radical (unpaired) electrons. The van der Waals surface area contributed by atoms with Crippen molar-refractivity contribution in [2.24, 2.45) is 16.2 Å². The first-order chi connectivity index (χ1) is 9.46. The summed E-state index contributed by atoms with van der Waals surface area (Å²) in [6, 6.07) is 0. The van der Waals surface area contributed by atoms with E-state index < -0.39 is 28.2 Å². The molecule has 21 heavy (non-hydrogen) atoms. The van der Waals surface area contributed by atoms with Gasteiger partial charge in [0, 0.05) is 0 Å². The summed E-state index contributed by atoms with van der Waals surface area (Å²) < 4.78 is 10.7. The van der Waals surface area contributed by atoms with Crippen LogP contribution in [0.1, 0.15) is 68.2 Å². The Labute approximate surface area is 129 Å². The van der Waals surface area contributed by atoms with E-state index in [1.54, 1.807) is 6.92 Å². The quantitative estimate of drug-likeness (QED) is 0.423. The summed E-state index contributed by atoms with van der Waals surface area (Å²) in [5, 5.41) is 0. The van der Waals surface area contributed by atoms with Crippen LogP contribution in [0.15, 0.2) is 0 Å². The van der Waals surface area contributed by atoms with Crippen molar-refractivity contribution in [2.45, 2.75) is 68.2 Å². The Kier molecular flexibility index (Phi) is 6.91. The zero-order valence-corrected chi connectivity index (χ0v) is 15.0. The molecule has 0 unspecified atom stereocenters. The zero-order chi connectivity index (χ0) is 16.9. The van der Waals surface area contributed by atoms with Gasteiger partial charge >= 0.3 is 11.9 Å². The first kappa shape index (κ1) is 19.9. The lowest BCUT2D eigenvalue weighted by Crippen LogP contribution is -2.59. The number of esters is 2. The van der Waals surface area contributed by atoms with Gasteiger partial charge in [-0.15, -0.1) is 0 Å². The van der Waals surface area contributed by atoms with Crippen LogP contribution in [-0.4, -0.2) is 25.2 Å². The van der Waals surface area contributed by atoms with Gasteiger partial charge < -0.3 is 9.47 Å². The van der Waals surface area contributed by atoms with Gasteiger partial charge in [-0.1, -0.05) is 54.9 Å². The Morgan fingerprint density at radius 3 is 1.57 bits per heavy atom. The maximum absolute atomic E-state index is 12.8. The monoisotopic (exact) mass is 300 g/mol. The highest BCUT2D eigenvalue weighted by Crippen LogP contribution is 2.53. The Balaban J connectivity index is 5.82. The van der Waals surface area contributed by atoms with Gasteiger partial charge in [0.05, 0.1) is 13.2 Å². The number of rotatable bonds is 6. The van der Waals surface area contributed by atoms with Gasteiger partial charge in [-0.2, -0.15) is 0 Å². The van der Waals surface area contributed by atoms with E-state index >= 15 is 0 Å². The van der Waals surface area contributed by atoms with Crippen molar-refractivity contribution in [3.05, 3.63) is 0 Å². The Bertz CT molecular complexity index is 344. The lowest BCUT2D eigenvalue weighted by molar-refractivity contribution is -0.194. The van der Waals surface area contributed by atoms with Crippen molar-refractivity contribution < 1.29 is 19.1 Å². The van der Waals surface area contributed by atoms with E-state index in [2.05, 4.69) is 0 Å². The van der Waals surface area contributed by atoms with E-state index in [4.69, 9.17) is 9.47 Å². The SMILES string of the molecule is CCCCOC(=O)C(C(=O)OCC)(C(C)(C)C)C(C)(C)C. The van der Waals surface area contributed by atoms with Crippen LogP contribution < -0.4 is 0 Å². The number of hydrogen-bond donors (Lipinski definition) is 0. The van der Waals surface area contributed by atoms with Gasteiger partial charge in [0.15, 0.2) is 5.41 Å². The fraction of sp³-hybridized carbons (Fsp3) is 0.882. The first-order valence-corrected chi connectivity index (χ1v) is 7.81. The Hall–Kier alpha value is -1.06. The van der Waals surface area contributed by atoms with E-state index in [1.807, 2.05) is 48.5 Å². The molecule has 0 rings (SSSR count). The molecule has 0 heterocycles. The van der Waals surface area contributed by atoms with E-state index in [9.17, 15) is 9.59 Å². The van der Waals surface area contributed by atoms with Crippen LogP contribution in [0.25, 0.3) is 0 Å². The second kappa shape index (κ2) is 7.28. The molecule has 0 aliphatic heterocycles. The summed E-state index contributed by atoms with van der Waals surface area (Å²) in [5.41, 5.74) is -2.55. The van der Waals surface area contributed by atoms with Crippen molar-refractivity contribution in [3.8, 4) is 0 Å². The minimum atomic E-state index is -1.33. The third kappa shape index (κ3) is 3.98. The maximum atomic E-state index is 12.8. The summed E-state index contributed by atoms with van der Waals surface area (Å²) in [6.45, 7) is 15.7. The molecule has 124 valence electrons. The number of ether oxygens (including phenoxy) is 2.